The average Bonchev–Trinajstić information content (AvgIpc) is 2.44. The second kappa shape index (κ2) is 4.98. The Morgan fingerprint density at radius 2 is 2.00 bits per heavy atom. The van der Waals surface area contributed by atoms with Crippen molar-refractivity contribution in [2.24, 2.45) is 0 Å². The van der Waals surface area contributed by atoms with E-state index in [2.05, 4.69) is 4.98 Å². The first-order valence-corrected chi connectivity index (χ1v) is 6.29. The molecule has 0 spiro atoms. The van der Waals surface area contributed by atoms with E-state index in [4.69, 9.17) is 22.1 Å². The smallest absolute Gasteiger partial charge is 0.142 e. The molecule has 100 valence electrons. The van der Waals surface area contributed by atoms with Gasteiger partial charge in [-0.2, -0.15) is 0 Å². The third-order valence-electron chi connectivity index (χ3n) is 2.88. The molecule has 0 atom stereocenters. The molecule has 0 radical (unpaired) electrons. The Hall–Kier alpha value is -2.33. The molecule has 1 heterocycles. The Morgan fingerprint density at radius 3 is 2.80 bits per heavy atom. The molecule has 0 unspecified atom stereocenters. The van der Waals surface area contributed by atoms with E-state index in [-0.39, 0.29) is 5.02 Å². The van der Waals surface area contributed by atoms with Gasteiger partial charge in [0.05, 0.1) is 16.2 Å². The highest BCUT2D eigenvalue weighted by molar-refractivity contribution is 6.30. The summed E-state index contributed by atoms with van der Waals surface area (Å²) in [6.07, 6.45) is 1.61. The monoisotopic (exact) mass is 288 g/mol. The Morgan fingerprint density at radius 1 is 1.15 bits per heavy atom. The zero-order valence-electron chi connectivity index (χ0n) is 10.3. The summed E-state index contributed by atoms with van der Waals surface area (Å²) < 4.78 is 18.9. The number of nitrogen functional groups attached to an aromatic ring is 1. The molecule has 0 fully saturated rings. The average molecular weight is 289 g/mol. The highest BCUT2D eigenvalue weighted by atomic mass is 35.5. The second-order valence-corrected chi connectivity index (χ2v) is 4.64. The summed E-state index contributed by atoms with van der Waals surface area (Å²) >= 11 is 5.74. The van der Waals surface area contributed by atoms with Crippen LogP contribution >= 0.6 is 11.6 Å². The van der Waals surface area contributed by atoms with Crippen LogP contribution in [-0.2, 0) is 0 Å². The number of fused-ring (bicyclic) bond motifs is 1. The maximum Gasteiger partial charge on any atom is 0.142 e. The Labute approximate surface area is 119 Å². The van der Waals surface area contributed by atoms with Gasteiger partial charge in [-0.3, -0.25) is 4.98 Å². The summed E-state index contributed by atoms with van der Waals surface area (Å²) in [6.45, 7) is 0. The summed E-state index contributed by atoms with van der Waals surface area (Å²) in [5, 5.41) is 0.799. The van der Waals surface area contributed by atoms with E-state index in [0.717, 1.165) is 5.39 Å². The maximum atomic E-state index is 13.1. The molecule has 20 heavy (non-hydrogen) atoms. The molecule has 0 aliphatic carbocycles. The van der Waals surface area contributed by atoms with Crippen molar-refractivity contribution in [3.8, 4) is 11.5 Å². The Bertz CT molecular complexity index is 792. The molecule has 0 aliphatic heterocycles. The van der Waals surface area contributed by atoms with Crippen molar-refractivity contribution >= 4 is 28.2 Å². The number of benzene rings is 2. The number of pyridine rings is 1. The summed E-state index contributed by atoms with van der Waals surface area (Å²) in [5.41, 5.74) is 7.11. The van der Waals surface area contributed by atoms with Crippen LogP contribution in [-0.4, -0.2) is 4.98 Å². The lowest BCUT2D eigenvalue weighted by molar-refractivity contribution is 0.486. The van der Waals surface area contributed by atoms with Crippen molar-refractivity contribution in [1.29, 1.82) is 0 Å². The van der Waals surface area contributed by atoms with Crippen LogP contribution in [0, 0.1) is 5.82 Å². The summed E-state index contributed by atoms with van der Waals surface area (Å²) in [6, 6.07) is 11.4. The predicted molar refractivity (Wildman–Crippen MR) is 77.6 cm³/mol. The number of para-hydroxylation sites is 1. The molecular formula is C15H10ClFN2O. The maximum absolute atomic E-state index is 13.1. The van der Waals surface area contributed by atoms with Crippen molar-refractivity contribution in [1.82, 2.24) is 4.98 Å². The van der Waals surface area contributed by atoms with Crippen LogP contribution in [0.25, 0.3) is 10.9 Å². The van der Waals surface area contributed by atoms with Crippen molar-refractivity contribution in [2.75, 3.05) is 5.73 Å². The molecule has 0 saturated heterocycles. The third kappa shape index (κ3) is 2.26. The second-order valence-electron chi connectivity index (χ2n) is 4.23. The fourth-order valence-electron chi connectivity index (χ4n) is 1.93. The molecule has 0 amide bonds. The summed E-state index contributed by atoms with van der Waals surface area (Å²) in [4.78, 5) is 4.22. The van der Waals surface area contributed by atoms with Gasteiger partial charge in [-0.15, -0.1) is 0 Å². The van der Waals surface area contributed by atoms with Gasteiger partial charge in [0.2, 0.25) is 0 Å². The molecule has 2 aromatic carbocycles. The van der Waals surface area contributed by atoms with Gasteiger partial charge in [0, 0.05) is 17.6 Å². The molecule has 1 aromatic heterocycles. The Balaban J connectivity index is 2.06. The number of ether oxygens (including phenoxy) is 1. The molecule has 0 bridgehead atoms. The van der Waals surface area contributed by atoms with Crippen LogP contribution in [0.1, 0.15) is 0 Å². The molecule has 0 saturated carbocycles. The van der Waals surface area contributed by atoms with Gasteiger partial charge >= 0.3 is 0 Å². The van der Waals surface area contributed by atoms with Crippen molar-refractivity contribution < 1.29 is 9.13 Å². The minimum Gasteiger partial charge on any atom is -0.457 e. The third-order valence-corrected chi connectivity index (χ3v) is 3.17. The van der Waals surface area contributed by atoms with Gasteiger partial charge in [0.25, 0.3) is 0 Å². The molecule has 3 rings (SSSR count). The van der Waals surface area contributed by atoms with Crippen LogP contribution in [0.15, 0.2) is 48.7 Å². The van der Waals surface area contributed by atoms with E-state index in [1.165, 1.54) is 18.2 Å². The van der Waals surface area contributed by atoms with Crippen molar-refractivity contribution in [3.05, 3.63) is 59.5 Å². The van der Waals surface area contributed by atoms with Gasteiger partial charge in [-0.25, -0.2) is 4.39 Å². The van der Waals surface area contributed by atoms with E-state index in [0.29, 0.717) is 22.7 Å². The topological polar surface area (TPSA) is 48.1 Å². The van der Waals surface area contributed by atoms with E-state index < -0.39 is 5.82 Å². The molecule has 5 heteroatoms. The Kier molecular flexibility index (Phi) is 3.16. The molecule has 0 aliphatic rings. The van der Waals surface area contributed by atoms with E-state index in [1.807, 2.05) is 12.1 Å². The van der Waals surface area contributed by atoms with Gasteiger partial charge in [0.1, 0.15) is 17.3 Å². The molecule has 3 aromatic rings. The van der Waals surface area contributed by atoms with Gasteiger partial charge < -0.3 is 10.5 Å². The van der Waals surface area contributed by atoms with Gasteiger partial charge in [-0.1, -0.05) is 17.7 Å². The number of halogens is 2. The molecule has 3 nitrogen and oxygen atoms in total. The molecular weight excluding hydrogens is 279 g/mol. The van der Waals surface area contributed by atoms with Crippen LogP contribution in [0.5, 0.6) is 11.5 Å². The standard InChI is InChI=1S/C15H10ClFN2O/c16-11-8-9(4-5-12(11)17)20-14-6-7-19-15-10(14)2-1-3-13(15)18/h1-8H,18H2. The van der Waals surface area contributed by atoms with E-state index >= 15 is 0 Å². The van der Waals surface area contributed by atoms with Crippen LogP contribution < -0.4 is 10.5 Å². The van der Waals surface area contributed by atoms with Crippen LogP contribution in [0.2, 0.25) is 5.02 Å². The van der Waals surface area contributed by atoms with Crippen molar-refractivity contribution in [2.45, 2.75) is 0 Å². The fourth-order valence-corrected chi connectivity index (χ4v) is 2.10. The number of nitrogens with zero attached hydrogens (tertiary/aromatic N) is 1. The lowest BCUT2D eigenvalue weighted by Crippen LogP contribution is -1.92. The minimum atomic E-state index is -0.483. The van der Waals surface area contributed by atoms with Gasteiger partial charge in [0.15, 0.2) is 0 Å². The quantitative estimate of drug-likeness (QED) is 0.711. The summed E-state index contributed by atoms with van der Waals surface area (Å²) in [7, 11) is 0. The summed E-state index contributed by atoms with van der Waals surface area (Å²) in [5.74, 6) is 0.555. The van der Waals surface area contributed by atoms with Crippen LogP contribution in [0.4, 0.5) is 10.1 Å². The number of rotatable bonds is 2. The number of hydrogen-bond acceptors (Lipinski definition) is 3. The lowest BCUT2D eigenvalue weighted by Gasteiger charge is -2.09. The highest BCUT2D eigenvalue weighted by Crippen LogP contribution is 2.32. The van der Waals surface area contributed by atoms with E-state index in [9.17, 15) is 4.39 Å². The predicted octanol–water partition coefficient (Wildman–Crippen LogP) is 4.40. The first-order chi connectivity index (χ1) is 9.65. The molecule has 2 N–H and O–H groups in total. The number of aromatic nitrogens is 1. The SMILES string of the molecule is Nc1cccc2c(Oc3ccc(F)c(Cl)c3)ccnc12. The number of hydrogen-bond donors (Lipinski definition) is 1. The van der Waals surface area contributed by atoms with Gasteiger partial charge in [-0.05, 0) is 30.3 Å². The first kappa shape index (κ1) is 12.7. The number of nitrogens with two attached hydrogens (primary N) is 1. The zero-order valence-corrected chi connectivity index (χ0v) is 11.1. The highest BCUT2D eigenvalue weighted by Gasteiger charge is 2.08. The number of anilines is 1. The lowest BCUT2D eigenvalue weighted by atomic mass is 10.2. The minimum absolute atomic E-state index is 0.0142. The van der Waals surface area contributed by atoms with E-state index in [1.54, 1.807) is 18.3 Å². The largest absolute Gasteiger partial charge is 0.457 e. The normalized spacial score (nSPS) is 10.7. The first-order valence-electron chi connectivity index (χ1n) is 5.91. The van der Waals surface area contributed by atoms with Crippen LogP contribution in [0.3, 0.4) is 0 Å². The van der Waals surface area contributed by atoms with Crippen molar-refractivity contribution in [3.63, 3.8) is 0 Å². The zero-order chi connectivity index (χ0) is 14.1. The fraction of sp³-hybridized carbons (Fsp3) is 0.